The minimum atomic E-state index is -0.155. The number of aromatic nitrogens is 1. The van der Waals surface area contributed by atoms with Gasteiger partial charge in [0.05, 0.1) is 17.2 Å². The van der Waals surface area contributed by atoms with E-state index >= 15 is 0 Å². The van der Waals surface area contributed by atoms with E-state index < -0.39 is 0 Å². The quantitative estimate of drug-likeness (QED) is 0.912. The summed E-state index contributed by atoms with van der Waals surface area (Å²) in [6.45, 7) is 6.64. The predicted octanol–water partition coefficient (Wildman–Crippen LogP) is 3.60. The van der Waals surface area contributed by atoms with Crippen molar-refractivity contribution in [2.24, 2.45) is 0 Å². The maximum atomic E-state index is 13.7. The number of aryl methyl sites for hydroxylation is 2. The van der Waals surface area contributed by atoms with Gasteiger partial charge in [-0.1, -0.05) is 19.1 Å². The van der Waals surface area contributed by atoms with Crippen molar-refractivity contribution in [3.63, 3.8) is 0 Å². The van der Waals surface area contributed by atoms with Crippen LogP contribution in [0, 0.1) is 19.7 Å². The van der Waals surface area contributed by atoms with E-state index in [1.54, 1.807) is 24.3 Å². The lowest BCUT2D eigenvalue weighted by Gasteiger charge is -2.18. The van der Waals surface area contributed by atoms with Gasteiger partial charge in [-0.25, -0.2) is 9.37 Å². The summed E-state index contributed by atoms with van der Waals surface area (Å²) in [5.41, 5.74) is 4.47. The molecule has 0 spiro atoms. The Morgan fingerprint density at radius 1 is 1.39 bits per heavy atom. The van der Waals surface area contributed by atoms with Crippen molar-refractivity contribution in [2.45, 2.75) is 26.8 Å². The summed E-state index contributed by atoms with van der Waals surface area (Å²) in [4.78, 5) is 5.42. The van der Waals surface area contributed by atoms with E-state index in [0.717, 1.165) is 22.7 Å². The van der Waals surface area contributed by atoms with Gasteiger partial charge in [0.1, 0.15) is 5.82 Å². The molecule has 0 radical (unpaired) electrons. The molecule has 2 rings (SSSR count). The summed E-state index contributed by atoms with van der Waals surface area (Å²) in [7, 11) is 0. The van der Waals surface area contributed by atoms with E-state index in [2.05, 4.69) is 10.3 Å². The molecule has 0 aliphatic rings. The fourth-order valence-corrected chi connectivity index (χ4v) is 2.85. The third-order valence-corrected chi connectivity index (χ3v) is 3.98. The van der Waals surface area contributed by atoms with Crippen LogP contribution in [0.4, 0.5) is 4.39 Å². The van der Waals surface area contributed by atoms with E-state index in [-0.39, 0.29) is 11.9 Å². The highest BCUT2D eigenvalue weighted by Gasteiger charge is 2.18. The third kappa shape index (κ3) is 2.60. The zero-order valence-corrected chi connectivity index (χ0v) is 11.6. The van der Waals surface area contributed by atoms with Crippen molar-refractivity contribution < 1.29 is 4.39 Å². The lowest BCUT2D eigenvalue weighted by atomic mass is 10.0. The van der Waals surface area contributed by atoms with Crippen molar-refractivity contribution in [3.8, 4) is 0 Å². The molecule has 1 aromatic heterocycles. The normalized spacial score (nSPS) is 12.7. The summed E-state index contributed by atoms with van der Waals surface area (Å²) in [6.07, 6.45) is 0. The van der Waals surface area contributed by atoms with Gasteiger partial charge in [0, 0.05) is 4.88 Å². The molecule has 1 heterocycles. The summed E-state index contributed by atoms with van der Waals surface area (Å²) in [6, 6.07) is 5.44. The molecule has 1 atom stereocenters. The van der Waals surface area contributed by atoms with Crippen LogP contribution in [-0.2, 0) is 0 Å². The lowest BCUT2D eigenvalue weighted by molar-refractivity contribution is 0.599. The highest BCUT2D eigenvalue weighted by molar-refractivity contribution is 7.09. The summed E-state index contributed by atoms with van der Waals surface area (Å²) in [5, 5.41) is 3.39. The number of thiazole rings is 1. The van der Waals surface area contributed by atoms with Gasteiger partial charge in [-0.15, -0.1) is 11.3 Å². The van der Waals surface area contributed by atoms with Crippen LogP contribution in [-0.4, -0.2) is 11.5 Å². The number of halogens is 1. The average molecular weight is 264 g/mol. The first kappa shape index (κ1) is 13.2. The standard InChI is InChI=1S/C14H17FN2S/c1-4-16-13(14-10(3)17-8-18-14)11-6-5-9(2)12(15)7-11/h5-8,13,16H,4H2,1-3H3. The van der Waals surface area contributed by atoms with E-state index in [1.807, 2.05) is 31.5 Å². The Labute approximate surface area is 111 Å². The van der Waals surface area contributed by atoms with Crippen LogP contribution >= 0.6 is 11.3 Å². The lowest BCUT2D eigenvalue weighted by Crippen LogP contribution is -2.22. The smallest absolute Gasteiger partial charge is 0.126 e. The monoisotopic (exact) mass is 264 g/mol. The molecular weight excluding hydrogens is 247 g/mol. The minimum absolute atomic E-state index is 0.0256. The van der Waals surface area contributed by atoms with Gasteiger partial charge < -0.3 is 5.32 Å². The summed E-state index contributed by atoms with van der Waals surface area (Å²) in [5.74, 6) is -0.155. The van der Waals surface area contributed by atoms with Crippen LogP contribution in [0.1, 0.15) is 34.7 Å². The molecule has 2 nitrogen and oxygen atoms in total. The first-order valence-corrected chi connectivity index (χ1v) is 6.90. The van der Waals surface area contributed by atoms with Crippen molar-refractivity contribution in [3.05, 3.63) is 51.2 Å². The molecule has 0 saturated carbocycles. The molecule has 1 unspecified atom stereocenters. The molecule has 0 bridgehead atoms. The highest BCUT2D eigenvalue weighted by Crippen LogP contribution is 2.28. The van der Waals surface area contributed by atoms with Crippen molar-refractivity contribution in [2.75, 3.05) is 6.54 Å². The van der Waals surface area contributed by atoms with Crippen LogP contribution in [0.25, 0.3) is 0 Å². The van der Waals surface area contributed by atoms with Gasteiger partial charge in [-0.2, -0.15) is 0 Å². The second-order valence-corrected chi connectivity index (χ2v) is 5.19. The van der Waals surface area contributed by atoms with Gasteiger partial charge >= 0.3 is 0 Å². The first-order valence-electron chi connectivity index (χ1n) is 6.03. The van der Waals surface area contributed by atoms with Gasteiger partial charge in [0.2, 0.25) is 0 Å². The number of nitrogens with zero attached hydrogens (tertiary/aromatic N) is 1. The molecule has 4 heteroatoms. The maximum absolute atomic E-state index is 13.7. The van der Waals surface area contributed by atoms with Crippen molar-refractivity contribution in [1.29, 1.82) is 0 Å². The topological polar surface area (TPSA) is 24.9 Å². The number of hydrogen-bond acceptors (Lipinski definition) is 3. The Balaban J connectivity index is 2.41. The maximum Gasteiger partial charge on any atom is 0.126 e. The fraction of sp³-hybridized carbons (Fsp3) is 0.357. The van der Waals surface area contributed by atoms with E-state index in [9.17, 15) is 4.39 Å². The van der Waals surface area contributed by atoms with Crippen molar-refractivity contribution >= 4 is 11.3 Å². The fourth-order valence-electron chi connectivity index (χ4n) is 1.94. The molecule has 1 aromatic carbocycles. The summed E-state index contributed by atoms with van der Waals surface area (Å²) < 4.78 is 13.7. The Bertz CT molecular complexity index is 536. The van der Waals surface area contributed by atoms with E-state index in [1.165, 1.54) is 0 Å². The van der Waals surface area contributed by atoms with Crippen molar-refractivity contribution in [1.82, 2.24) is 10.3 Å². The Morgan fingerprint density at radius 2 is 2.17 bits per heavy atom. The molecule has 2 aromatic rings. The van der Waals surface area contributed by atoms with Gasteiger partial charge in [-0.05, 0) is 37.6 Å². The summed E-state index contributed by atoms with van der Waals surface area (Å²) >= 11 is 1.61. The molecule has 0 aliphatic heterocycles. The molecular formula is C14H17FN2S. The molecule has 96 valence electrons. The van der Waals surface area contributed by atoms with Crippen LogP contribution < -0.4 is 5.32 Å². The van der Waals surface area contributed by atoms with Gasteiger partial charge in [0.15, 0.2) is 0 Å². The molecule has 0 amide bonds. The van der Waals surface area contributed by atoms with Crippen LogP contribution in [0.3, 0.4) is 0 Å². The second kappa shape index (κ2) is 5.59. The third-order valence-electron chi connectivity index (χ3n) is 2.98. The van der Waals surface area contributed by atoms with E-state index in [0.29, 0.717) is 5.56 Å². The SMILES string of the molecule is CCNC(c1ccc(C)c(F)c1)c1scnc1C. The second-order valence-electron chi connectivity index (χ2n) is 4.30. The molecule has 0 saturated heterocycles. The molecule has 0 aliphatic carbocycles. The molecule has 0 fully saturated rings. The number of benzene rings is 1. The zero-order valence-electron chi connectivity index (χ0n) is 10.8. The highest BCUT2D eigenvalue weighted by atomic mass is 32.1. The number of hydrogen-bond donors (Lipinski definition) is 1. The number of nitrogens with one attached hydrogen (secondary N) is 1. The number of rotatable bonds is 4. The van der Waals surface area contributed by atoms with Crippen LogP contribution in [0.5, 0.6) is 0 Å². The van der Waals surface area contributed by atoms with Crippen LogP contribution in [0.2, 0.25) is 0 Å². The zero-order chi connectivity index (χ0) is 13.1. The Morgan fingerprint density at radius 3 is 2.72 bits per heavy atom. The molecule has 1 N–H and O–H groups in total. The van der Waals surface area contributed by atoms with Gasteiger partial charge in [-0.3, -0.25) is 0 Å². The minimum Gasteiger partial charge on any atom is -0.306 e. The Hall–Kier alpha value is -1.26. The average Bonchev–Trinajstić information content (AvgIpc) is 2.76. The predicted molar refractivity (Wildman–Crippen MR) is 73.5 cm³/mol. The van der Waals surface area contributed by atoms with E-state index in [4.69, 9.17) is 0 Å². The van der Waals surface area contributed by atoms with Gasteiger partial charge in [0.25, 0.3) is 0 Å². The van der Waals surface area contributed by atoms with Crippen LogP contribution in [0.15, 0.2) is 23.7 Å². The first-order chi connectivity index (χ1) is 8.63. The largest absolute Gasteiger partial charge is 0.306 e. The Kier molecular flexibility index (Phi) is 4.09. The molecule has 18 heavy (non-hydrogen) atoms.